The van der Waals surface area contributed by atoms with Crippen LogP contribution in [0, 0.1) is 6.92 Å². The molecule has 1 aromatic heterocycles. The van der Waals surface area contributed by atoms with Gasteiger partial charge in [0.05, 0.1) is 19.8 Å². The molecule has 0 atom stereocenters. The van der Waals surface area contributed by atoms with E-state index in [4.69, 9.17) is 0 Å². The molecule has 0 fully saturated rings. The molecule has 0 bridgehead atoms. The van der Waals surface area contributed by atoms with Gasteiger partial charge in [0.15, 0.2) is 0 Å². The second-order valence-corrected chi connectivity index (χ2v) is 5.05. The number of aryl methyl sites for hydroxylation is 1. The standard InChI is InChI=1S/C16H22N4.BrH/c1-13-12-15(18-16(17-2)20(13)4)19(3)11-10-14-8-6-5-7-9-14;/h5-9,12H,10-11H2,1-4H3;1H. The molecule has 2 rings (SSSR count). The molecule has 1 N–H and O–H groups in total. The molecule has 2 aromatic rings. The van der Waals surface area contributed by atoms with Gasteiger partial charge < -0.3 is 21.9 Å². The highest BCUT2D eigenvalue weighted by Gasteiger charge is 2.15. The molecule has 0 amide bonds. The predicted molar refractivity (Wildman–Crippen MR) is 83.1 cm³/mol. The quantitative estimate of drug-likeness (QED) is 0.697. The van der Waals surface area contributed by atoms with E-state index in [1.807, 2.05) is 14.1 Å². The van der Waals surface area contributed by atoms with Crippen molar-refractivity contribution >= 4 is 11.8 Å². The van der Waals surface area contributed by atoms with E-state index in [0.29, 0.717) is 0 Å². The maximum Gasteiger partial charge on any atom is 0.393 e. The zero-order chi connectivity index (χ0) is 14.5. The summed E-state index contributed by atoms with van der Waals surface area (Å²) in [5, 5.41) is 3.13. The Morgan fingerprint density at radius 3 is 2.52 bits per heavy atom. The smallest absolute Gasteiger partial charge is 0.393 e. The topological polar surface area (TPSA) is 32.0 Å². The largest absolute Gasteiger partial charge is 1.00 e. The van der Waals surface area contributed by atoms with Crippen LogP contribution in [0.3, 0.4) is 0 Å². The number of anilines is 2. The molecule has 5 heteroatoms. The van der Waals surface area contributed by atoms with Crippen LogP contribution in [0.5, 0.6) is 0 Å². The lowest BCUT2D eigenvalue weighted by atomic mass is 10.1. The number of aromatic nitrogens is 2. The van der Waals surface area contributed by atoms with E-state index in [1.165, 1.54) is 11.3 Å². The zero-order valence-corrected chi connectivity index (χ0v) is 14.7. The second-order valence-electron chi connectivity index (χ2n) is 5.05. The minimum atomic E-state index is 0. The fourth-order valence-corrected chi connectivity index (χ4v) is 2.14. The van der Waals surface area contributed by atoms with Crippen LogP contribution >= 0.6 is 0 Å². The first-order valence-corrected chi connectivity index (χ1v) is 6.92. The number of halogens is 1. The Kier molecular flexibility index (Phi) is 6.62. The van der Waals surface area contributed by atoms with Gasteiger partial charge in [0, 0.05) is 19.7 Å². The van der Waals surface area contributed by atoms with Crippen molar-refractivity contribution in [1.29, 1.82) is 0 Å². The van der Waals surface area contributed by atoms with Gasteiger partial charge in [-0.2, -0.15) is 0 Å². The first-order chi connectivity index (χ1) is 9.61. The van der Waals surface area contributed by atoms with Crippen molar-refractivity contribution in [2.24, 2.45) is 7.05 Å². The number of benzene rings is 1. The average Bonchev–Trinajstić information content (AvgIpc) is 2.48. The number of nitrogens with one attached hydrogen (secondary N) is 1. The molecule has 1 aromatic carbocycles. The summed E-state index contributed by atoms with van der Waals surface area (Å²) in [6, 6.07) is 12.7. The van der Waals surface area contributed by atoms with Crippen LogP contribution in [-0.4, -0.2) is 25.6 Å². The summed E-state index contributed by atoms with van der Waals surface area (Å²) < 4.78 is 2.05. The molecular formula is C16H23BrN4. The van der Waals surface area contributed by atoms with Crippen LogP contribution in [0.4, 0.5) is 11.8 Å². The summed E-state index contributed by atoms with van der Waals surface area (Å²) in [6.45, 7) is 3.05. The van der Waals surface area contributed by atoms with Crippen molar-refractivity contribution < 1.29 is 21.5 Å². The Hall–Kier alpha value is -1.62. The lowest BCUT2D eigenvalue weighted by Crippen LogP contribution is -3.00. The van der Waals surface area contributed by atoms with Gasteiger partial charge in [-0.25, -0.2) is 4.57 Å². The Balaban J connectivity index is 0.00000220. The van der Waals surface area contributed by atoms with Gasteiger partial charge in [-0.05, 0) is 18.9 Å². The minimum Gasteiger partial charge on any atom is -1.00 e. The first-order valence-electron chi connectivity index (χ1n) is 6.92. The fourth-order valence-electron chi connectivity index (χ4n) is 2.14. The van der Waals surface area contributed by atoms with Crippen LogP contribution in [0.25, 0.3) is 0 Å². The van der Waals surface area contributed by atoms with Gasteiger partial charge in [0.2, 0.25) is 5.82 Å². The van der Waals surface area contributed by atoms with E-state index in [9.17, 15) is 0 Å². The normalized spacial score (nSPS) is 9.90. The molecule has 0 saturated carbocycles. The van der Waals surface area contributed by atoms with Crippen molar-refractivity contribution in [3.8, 4) is 0 Å². The van der Waals surface area contributed by atoms with E-state index in [1.54, 1.807) is 0 Å². The van der Waals surface area contributed by atoms with Crippen molar-refractivity contribution in [3.05, 3.63) is 47.7 Å². The van der Waals surface area contributed by atoms with Crippen molar-refractivity contribution in [2.45, 2.75) is 13.3 Å². The monoisotopic (exact) mass is 350 g/mol. The molecule has 114 valence electrons. The van der Waals surface area contributed by atoms with Crippen molar-refractivity contribution in [2.75, 3.05) is 30.9 Å². The maximum absolute atomic E-state index is 4.64. The third-order valence-corrected chi connectivity index (χ3v) is 3.60. The molecule has 21 heavy (non-hydrogen) atoms. The summed E-state index contributed by atoms with van der Waals surface area (Å²) in [4.78, 5) is 6.84. The van der Waals surface area contributed by atoms with Crippen molar-refractivity contribution in [1.82, 2.24) is 4.98 Å². The highest BCUT2D eigenvalue weighted by Crippen LogP contribution is 2.12. The molecular weight excluding hydrogens is 328 g/mol. The minimum absolute atomic E-state index is 0. The number of rotatable bonds is 5. The van der Waals surface area contributed by atoms with Gasteiger partial charge in [0.25, 0.3) is 0 Å². The summed E-state index contributed by atoms with van der Waals surface area (Å²) in [6.07, 6.45) is 1.02. The van der Waals surface area contributed by atoms with Gasteiger partial charge in [-0.1, -0.05) is 35.3 Å². The highest BCUT2D eigenvalue weighted by molar-refractivity contribution is 5.41. The molecule has 0 radical (unpaired) electrons. The molecule has 0 aliphatic heterocycles. The van der Waals surface area contributed by atoms with E-state index in [-0.39, 0.29) is 17.0 Å². The van der Waals surface area contributed by atoms with Crippen LogP contribution in [0.2, 0.25) is 0 Å². The van der Waals surface area contributed by atoms with Gasteiger partial charge in [0.1, 0.15) is 0 Å². The van der Waals surface area contributed by atoms with Gasteiger partial charge in [-0.15, -0.1) is 0 Å². The Morgan fingerprint density at radius 2 is 1.90 bits per heavy atom. The molecule has 0 aliphatic rings. The number of hydrogen-bond donors (Lipinski definition) is 1. The lowest BCUT2D eigenvalue weighted by Gasteiger charge is -2.17. The molecule has 0 unspecified atom stereocenters. The third-order valence-electron chi connectivity index (χ3n) is 3.60. The molecule has 0 spiro atoms. The number of likely N-dealkylation sites (N-methyl/N-ethyl adjacent to an activating group) is 1. The average molecular weight is 351 g/mol. The molecule has 4 nitrogen and oxygen atoms in total. The van der Waals surface area contributed by atoms with Gasteiger partial charge in [-0.3, -0.25) is 5.32 Å². The van der Waals surface area contributed by atoms with Crippen molar-refractivity contribution in [3.63, 3.8) is 0 Å². The van der Waals surface area contributed by atoms with Crippen LogP contribution < -0.4 is 31.8 Å². The van der Waals surface area contributed by atoms with Crippen LogP contribution in [0.1, 0.15) is 11.3 Å². The maximum atomic E-state index is 4.64. The third kappa shape index (κ3) is 4.43. The SMILES string of the molecule is CNc1nc(N(C)CCc2ccccc2)cc(C)[n+]1C.[Br-]. The molecule has 1 heterocycles. The number of nitrogens with zero attached hydrogens (tertiary/aromatic N) is 3. The number of hydrogen-bond acceptors (Lipinski definition) is 3. The van der Waals surface area contributed by atoms with Crippen LogP contribution in [0.15, 0.2) is 36.4 Å². The van der Waals surface area contributed by atoms with Crippen LogP contribution in [-0.2, 0) is 13.5 Å². The summed E-state index contributed by atoms with van der Waals surface area (Å²) >= 11 is 0. The predicted octanol–water partition coefficient (Wildman–Crippen LogP) is -1.06. The zero-order valence-electron chi connectivity index (χ0n) is 13.1. The lowest BCUT2D eigenvalue weighted by molar-refractivity contribution is -0.665. The van der Waals surface area contributed by atoms with E-state index in [0.717, 1.165) is 24.7 Å². The molecule has 0 aliphatic carbocycles. The van der Waals surface area contributed by atoms with Gasteiger partial charge >= 0.3 is 5.95 Å². The van der Waals surface area contributed by atoms with E-state index < -0.39 is 0 Å². The second kappa shape index (κ2) is 7.98. The van der Waals surface area contributed by atoms with E-state index >= 15 is 0 Å². The summed E-state index contributed by atoms with van der Waals surface area (Å²) in [5.41, 5.74) is 2.54. The Labute approximate surface area is 137 Å². The Bertz CT molecular complexity index is 572. The first kappa shape index (κ1) is 17.4. The van der Waals surface area contributed by atoms with E-state index in [2.05, 4.69) is 70.1 Å². The Morgan fingerprint density at radius 1 is 1.24 bits per heavy atom. The summed E-state index contributed by atoms with van der Waals surface area (Å²) in [5.74, 6) is 1.88. The highest BCUT2D eigenvalue weighted by atomic mass is 79.9. The fraction of sp³-hybridized carbons (Fsp3) is 0.375. The molecule has 0 saturated heterocycles. The summed E-state index contributed by atoms with van der Waals surface area (Å²) in [7, 11) is 6.00.